The number of carboxylic acids is 1. The van der Waals surface area contributed by atoms with Gasteiger partial charge in [0.2, 0.25) is 0 Å². The third kappa shape index (κ3) is 10.9. The molecule has 12 heteroatoms. The number of imidazole rings is 1. The molecule has 0 amide bonds. The highest BCUT2D eigenvalue weighted by atomic mass is 16.5. The molecule has 3 atom stereocenters. The number of benzene rings is 4. The zero-order valence-corrected chi connectivity index (χ0v) is 34.6. The summed E-state index contributed by atoms with van der Waals surface area (Å²) in [6.45, 7) is 1.28. The highest BCUT2D eigenvalue weighted by molar-refractivity contribution is 5.74. The van der Waals surface area contributed by atoms with Crippen LogP contribution in [0.15, 0.2) is 137 Å². The van der Waals surface area contributed by atoms with Gasteiger partial charge in [-0.05, 0) is 69.1 Å². The zero-order valence-electron chi connectivity index (χ0n) is 34.6. The Balaban J connectivity index is 0.000000151. The summed E-state index contributed by atoms with van der Waals surface area (Å²) in [6, 6.07) is 43.5. The summed E-state index contributed by atoms with van der Waals surface area (Å²) in [7, 11) is 9.21. The van der Waals surface area contributed by atoms with Crippen molar-refractivity contribution in [3.63, 3.8) is 0 Å². The van der Waals surface area contributed by atoms with Crippen molar-refractivity contribution in [1.82, 2.24) is 28.5 Å². The van der Waals surface area contributed by atoms with Crippen molar-refractivity contribution in [3.8, 4) is 0 Å². The molecule has 2 saturated heterocycles. The quantitative estimate of drug-likeness (QED) is 0.152. The van der Waals surface area contributed by atoms with Crippen LogP contribution in [0.4, 0.5) is 0 Å². The second kappa shape index (κ2) is 20.3. The first kappa shape index (κ1) is 42.9. The number of nitrogens with zero attached hydrogens (tertiary/aromatic N) is 6. The lowest BCUT2D eigenvalue weighted by Gasteiger charge is -2.38. The molecule has 2 aromatic heterocycles. The van der Waals surface area contributed by atoms with Gasteiger partial charge in [0.05, 0.1) is 19.0 Å². The van der Waals surface area contributed by atoms with E-state index >= 15 is 0 Å². The fraction of sp³-hybridized carbons (Fsp3) is 0.362. The summed E-state index contributed by atoms with van der Waals surface area (Å²) in [5.41, 5.74) is 4.15. The van der Waals surface area contributed by atoms with Crippen molar-refractivity contribution >= 4 is 17.1 Å². The van der Waals surface area contributed by atoms with Crippen molar-refractivity contribution in [2.45, 2.75) is 62.6 Å². The number of carbonyl (C=O) groups is 1. The average Bonchev–Trinajstić information content (AvgIpc) is 3.74. The van der Waals surface area contributed by atoms with Crippen molar-refractivity contribution in [3.05, 3.63) is 171 Å². The number of aromatic nitrogens is 4. The van der Waals surface area contributed by atoms with E-state index in [-0.39, 0.29) is 29.9 Å². The molecule has 4 heterocycles. The van der Waals surface area contributed by atoms with Crippen LogP contribution in [0.2, 0.25) is 0 Å². The van der Waals surface area contributed by atoms with Crippen LogP contribution in [0.1, 0.15) is 60.1 Å². The Morgan fingerprint density at radius 1 is 0.729 bits per heavy atom. The van der Waals surface area contributed by atoms with Gasteiger partial charge in [-0.25, -0.2) is 9.78 Å². The van der Waals surface area contributed by atoms with Gasteiger partial charge in [-0.1, -0.05) is 121 Å². The van der Waals surface area contributed by atoms with E-state index in [0.29, 0.717) is 18.2 Å². The Labute approximate surface area is 345 Å². The molecule has 0 radical (unpaired) electrons. The minimum atomic E-state index is -1.08. The van der Waals surface area contributed by atoms with Crippen molar-refractivity contribution in [1.29, 1.82) is 0 Å². The van der Waals surface area contributed by atoms with Crippen LogP contribution in [-0.4, -0.2) is 92.0 Å². The molecule has 2 bridgehead atoms. The van der Waals surface area contributed by atoms with E-state index in [1.165, 1.54) is 77.5 Å². The number of carboxylic acid groups (broad SMARTS) is 1. The number of hydrogen-bond acceptors (Lipinski definition) is 8. The molecule has 0 saturated carbocycles. The largest absolute Gasteiger partial charge is 0.480 e. The molecular formula is C47H56N6O6. The molecule has 4 aromatic carbocycles. The highest BCUT2D eigenvalue weighted by Gasteiger charge is 2.39. The monoisotopic (exact) mass is 800 g/mol. The van der Waals surface area contributed by atoms with Crippen LogP contribution >= 0.6 is 0 Å². The molecule has 2 fully saturated rings. The van der Waals surface area contributed by atoms with Gasteiger partial charge in [0.25, 0.3) is 5.56 Å². The van der Waals surface area contributed by atoms with Gasteiger partial charge in [-0.15, -0.1) is 0 Å². The summed E-state index contributed by atoms with van der Waals surface area (Å²) >= 11 is 0. The zero-order chi connectivity index (χ0) is 41.9. The number of piperidine rings is 1. The van der Waals surface area contributed by atoms with Crippen molar-refractivity contribution in [2.24, 2.45) is 14.1 Å². The van der Waals surface area contributed by atoms with Gasteiger partial charge in [0.15, 0.2) is 11.2 Å². The van der Waals surface area contributed by atoms with E-state index in [9.17, 15) is 14.4 Å². The maximum Gasteiger partial charge on any atom is 0.332 e. The van der Waals surface area contributed by atoms with Gasteiger partial charge in [0.1, 0.15) is 18.8 Å². The van der Waals surface area contributed by atoms with Crippen LogP contribution in [0.3, 0.4) is 0 Å². The van der Waals surface area contributed by atoms with Gasteiger partial charge in [-0.3, -0.25) is 18.7 Å². The van der Waals surface area contributed by atoms with Gasteiger partial charge in [0, 0.05) is 32.7 Å². The summed E-state index contributed by atoms with van der Waals surface area (Å²) in [5.74, 6) is -1.08. The van der Waals surface area contributed by atoms with E-state index in [0.717, 1.165) is 17.7 Å². The van der Waals surface area contributed by atoms with E-state index in [1.807, 2.05) is 12.1 Å². The van der Waals surface area contributed by atoms with Crippen LogP contribution in [0, 0.1) is 0 Å². The number of fused-ring (bicyclic) bond motifs is 3. The maximum atomic E-state index is 11.9. The Hall–Kier alpha value is -5.66. The predicted octanol–water partition coefficient (Wildman–Crippen LogP) is 6.29. The van der Waals surface area contributed by atoms with Crippen LogP contribution in [0.5, 0.6) is 0 Å². The number of ether oxygens (including phenoxy) is 2. The van der Waals surface area contributed by atoms with Gasteiger partial charge < -0.3 is 28.9 Å². The molecule has 310 valence electrons. The molecule has 12 nitrogen and oxygen atoms in total. The van der Waals surface area contributed by atoms with Crippen LogP contribution in [0.25, 0.3) is 11.2 Å². The number of aryl methyl sites for hydroxylation is 1. The first-order valence-corrected chi connectivity index (χ1v) is 20.2. The average molecular weight is 801 g/mol. The Morgan fingerprint density at radius 3 is 1.63 bits per heavy atom. The van der Waals surface area contributed by atoms with Crippen LogP contribution in [-0.2, 0) is 34.9 Å². The lowest BCUT2D eigenvalue weighted by atomic mass is 9.97. The maximum absolute atomic E-state index is 11.9. The smallest absolute Gasteiger partial charge is 0.332 e. The van der Waals surface area contributed by atoms with Gasteiger partial charge >= 0.3 is 11.7 Å². The number of likely N-dealkylation sites (N-methyl/N-ethyl adjacent to an activating group) is 1. The summed E-state index contributed by atoms with van der Waals surface area (Å²) in [6.07, 6.45) is 6.68. The molecule has 0 aliphatic carbocycles. The molecule has 1 N–H and O–H groups in total. The molecular weight excluding hydrogens is 745 g/mol. The van der Waals surface area contributed by atoms with Crippen molar-refractivity contribution < 1.29 is 19.4 Å². The fourth-order valence-corrected chi connectivity index (χ4v) is 7.93. The molecule has 59 heavy (non-hydrogen) atoms. The topological polar surface area (TPSA) is 124 Å². The lowest BCUT2D eigenvalue weighted by molar-refractivity contribution is -0.137. The summed E-state index contributed by atoms with van der Waals surface area (Å²) < 4.78 is 16.1. The molecule has 2 aliphatic heterocycles. The first-order valence-electron chi connectivity index (χ1n) is 20.2. The standard InChI is InChI=1S/C21H25NO.C17H21NO.C9H10N4O4/c1-22-18-12-13-19(22)15-20(14-18)23-21(16-8-4-2-5-9-16)17-10-6-3-7-11-17;1-18(2)13-14-19-17(15-9-5-3-6-10-15)16-11-7-4-8-12-16;1-11-7-6(8(16)12(2)9(11)17)13(4-10-7)3-5(14)15/h2-11,18-21H,12-15H2,1H3;3-12,17H,13-14H2,1-2H3;4H,3H2,1-2H3,(H,14,15)/t18-,19+,20+;;. The van der Waals surface area contributed by atoms with E-state index in [4.69, 9.17) is 14.6 Å². The molecule has 0 unspecified atom stereocenters. The SMILES string of the molecule is CN(C)CCOC(c1ccccc1)c1ccccc1.CN1[C@@H]2CC[C@H]1C[C@@H](OC(c1ccccc1)c1ccccc1)C2.Cn1c(=O)c2c(ncn2CC(=O)O)n(C)c1=O. The van der Waals surface area contributed by atoms with Crippen LogP contribution < -0.4 is 11.2 Å². The highest BCUT2D eigenvalue weighted by Crippen LogP contribution is 2.38. The van der Waals surface area contributed by atoms with E-state index in [2.05, 4.69) is 145 Å². The first-order chi connectivity index (χ1) is 28.5. The molecule has 8 rings (SSSR count). The lowest BCUT2D eigenvalue weighted by Crippen LogP contribution is -2.43. The van der Waals surface area contributed by atoms with E-state index in [1.54, 1.807) is 0 Å². The third-order valence-electron chi connectivity index (χ3n) is 11.1. The predicted molar refractivity (Wildman–Crippen MR) is 230 cm³/mol. The second-order valence-corrected chi connectivity index (χ2v) is 15.5. The van der Waals surface area contributed by atoms with Gasteiger partial charge in [-0.2, -0.15) is 0 Å². The molecule has 0 spiro atoms. The van der Waals surface area contributed by atoms with Crippen molar-refractivity contribution in [2.75, 3.05) is 34.3 Å². The number of hydrogen-bond donors (Lipinski definition) is 1. The normalized spacial score (nSPS) is 17.5. The number of aliphatic carboxylic acids is 1. The molecule has 6 aromatic rings. The summed E-state index contributed by atoms with van der Waals surface area (Å²) in [4.78, 5) is 42.7. The molecule has 2 aliphatic rings. The third-order valence-corrected chi connectivity index (χ3v) is 11.1. The summed E-state index contributed by atoms with van der Waals surface area (Å²) in [5, 5.41) is 8.70. The number of rotatable bonds is 12. The fourth-order valence-electron chi connectivity index (χ4n) is 7.93. The Kier molecular flexibility index (Phi) is 14.8. The Bertz CT molecular complexity index is 2250. The second-order valence-electron chi connectivity index (χ2n) is 15.5. The minimum absolute atomic E-state index is 0.0161. The Morgan fingerprint density at radius 2 is 1.19 bits per heavy atom. The van der Waals surface area contributed by atoms with E-state index < -0.39 is 17.2 Å². The minimum Gasteiger partial charge on any atom is -0.480 e.